The van der Waals surface area contributed by atoms with Gasteiger partial charge in [0, 0.05) is 12.0 Å². The van der Waals surface area contributed by atoms with E-state index in [0.29, 0.717) is 11.1 Å². The number of rotatable bonds is 2. The van der Waals surface area contributed by atoms with Crippen molar-refractivity contribution >= 4 is 17.3 Å². The van der Waals surface area contributed by atoms with Crippen molar-refractivity contribution in [3.8, 4) is 0 Å². The van der Waals surface area contributed by atoms with Crippen LogP contribution in [0, 0.1) is 0 Å². The van der Waals surface area contributed by atoms with Crippen LogP contribution in [0.5, 0.6) is 0 Å². The fourth-order valence-electron chi connectivity index (χ4n) is 1.98. The first kappa shape index (κ1) is 11.5. The molecule has 17 heavy (non-hydrogen) atoms. The third kappa shape index (κ3) is 1.99. The van der Waals surface area contributed by atoms with E-state index in [1.807, 2.05) is 6.07 Å². The lowest BCUT2D eigenvalue weighted by atomic mass is 10.0. The van der Waals surface area contributed by atoms with Gasteiger partial charge in [0.15, 0.2) is 5.78 Å². The first-order valence-corrected chi connectivity index (χ1v) is 5.24. The number of carbonyl (C=O) groups is 2. The van der Waals surface area contributed by atoms with E-state index in [9.17, 15) is 14.7 Å². The van der Waals surface area contributed by atoms with Crippen molar-refractivity contribution in [3.63, 3.8) is 0 Å². The van der Waals surface area contributed by atoms with Crippen molar-refractivity contribution < 1.29 is 19.4 Å². The van der Waals surface area contributed by atoms with Gasteiger partial charge in [0.05, 0.1) is 13.2 Å². The number of methoxy groups -OCH3 is 1. The topological polar surface area (TPSA) is 63.6 Å². The predicted octanol–water partition coefficient (Wildman–Crippen LogP) is 0.947. The molecule has 4 nitrogen and oxygen atoms in total. The van der Waals surface area contributed by atoms with E-state index in [1.165, 1.54) is 7.11 Å². The highest BCUT2D eigenvalue weighted by Gasteiger charge is 2.36. The molecule has 88 valence electrons. The molecule has 0 saturated carbocycles. The number of Topliss-reactive ketones (excluding diaryl/α,β-unsaturated/α-hetero) is 1. The minimum absolute atomic E-state index is 0.0359. The Balaban J connectivity index is 2.56. The smallest absolute Gasteiger partial charge is 0.341 e. The Morgan fingerprint density at radius 2 is 2.00 bits per heavy atom. The fourth-order valence-corrected chi connectivity index (χ4v) is 1.98. The Kier molecular flexibility index (Phi) is 3.06. The van der Waals surface area contributed by atoms with Gasteiger partial charge in [0.1, 0.15) is 5.57 Å². The van der Waals surface area contributed by atoms with Crippen molar-refractivity contribution in [1.29, 1.82) is 0 Å². The van der Waals surface area contributed by atoms with E-state index in [4.69, 9.17) is 0 Å². The summed E-state index contributed by atoms with van der Waals surface area (Å²) in [6.07, 6.45) is -0.992. The fraction of sp³-hybridized carbons (Fsp3) is 0.231. The van der Waals surface area contributed by atoms with Crippen molar-refractivity contribution in [3.05, 3.63) is 41.5 Å². The number of esters is 1. The summed E-state index contributed by atoms with van der Waals surface area (Å²) in [6, 6.07) is 8.89. The van der Waals surface area contributed by atoms with Gasteiger partial charge in [-0.15, -0.1) is 0 Å². The second-order valence-corrected chi connectivity index (χ2v) is 3.79. The molecule has 2 rings (SSSR count). The molecule has 1 aromatic rings. The van der Waals surface area contributed by atoms with E-state index in [1.54, 1.807) is 24.3 Å². The Hall–Kier alpha value is -1.94. The Bertz CT molecular complexity index is 487. The first-order chi connectivity index (χ1) is 8.15. The molecule has 0 aliphatic heterocycles. The summed E-state index contributed by atoms with van der Waals surface area (Å²) >= 11 is 0. The van der Waals surface area contributed by atoms with Crippen LogP contribution in [-0.4, -0.2) is 30.1 Å². The molecule has 0 saturated heterocycles. The molecular formula is C13H12O4. The van der Waals surface area contributed by atoms with Gasteiger partial charge in [0.25, 0.3) is 0 Å². The van der Waals surface area contributed by atoms with Gasteiger partial charge in [0.2, 0.25) is 0 Å². The summed E-state index contributed by atoms with van der Waals surface area (Å²) < 4.78 is 4.58. The maximum absolute atomic E-state index is 11.7. The highest BCUT2D eigenvalue weighted by atomic mass is 16.5. The normalized spacial score (nSPS) is 19.6. The van der Waals surface area contributed by atoms with Crippen LogP contribution in [0.25, 0.3) is 5.57 Å². The summed E-state index contributed by atoms with van der Waals surface area (Å²) in [6.45, 7) is 0. The number of benzene rings is 1. The lowest BCUT2D eigenvalue weighted by Gasteiger charge is -2.08. The predicted molar refractivity (Wildman–Crippen MR) is 61.0 cm³/mol. The molecule has 1 aromatic carbocycles. The monoisotopic (exact) mass is 232 g/mol. The molecule has 1 aliphatic rings. The molecule has 0 aromatic heterocycles. The van der Waals surface area contributed by atoms with Crippen LogP contribution in [-0.2, 0) is 14.3 Å². The Labute approximate surface area is 98.5 Å². The number of ketones is 1. The van der Waals surface area contributed by atoms with Gasteiger partial charge in [-0.25, -0.2) is 4.79 Å². The maximum Gasteiger partial charge on any atom is 0.341 e. The minimum atomic E-state index is -0.931. The van der Waals surface area contributed by atoms with Gasteiger partial charge in [-0.05, 0) is 5.56 Å². The van der Waals surface area contributed by atoms with Crippen LogP contribution < -0.4 is 0 Å². The van der Waals surface area contributed by atoms with Crippen molar-refractivity contribution in [2.45, 2.75) is 12.5 Å². The van der Waals surface area contributed by atoms with E-state index < -0.39 is 12.1 Å². The first-order valence-electron chi connectivity index (χ1n) is 5.24. The third-order valence-electron chi connectivity index (χ3n) is 2.73. The largest absolute Gasteiger partial charge is 0.465 e. The highest BCUT2D eigenvalue weighted by Crippen LogP contribution is 2.32. The molecule has 0 bridgehead atoms. The lowest BCUT2D eigenvalue weighted by Crippen LogP contribution is -2.11. The number of aliphatic hydroxyl groups is 1. The van der Waals surface area contributed by atoms with Crippen LogP contribution in [0.1, 0.15) is 12.0 Å². The van der Waals surface area contributed by atoms with Crippen molar-refractivity contribution in [2.75, 3.05) is 7.11 Å². The molecule has 1 atom stereocenters. The van der Waals surface area contributed by atoms with Gasteiger partial charge in [-0.3, -0.25) is 4.79 Å². The molecule has 0 unspecified atom stereocenters. The van der Waals surface area contributed by atoms with Crippen molar-refractivity contribution in [1.82, 2.24) is 0 Å². The molecule has 0 fully saturated rings. The zero-order valence-electron chi connectivity index (χ0n) is 9.34. The zero-order chi connectivity index (χ0) is 12.4. The summed E-state index contributed by atoms with van der Waals surface area (Å²) in [5, 5.41) is 9.84. The summed E-state index contributed by atoms with van der Waals surface area (Å²) in [7, 11) is 1.22. The van der Waals surface area contributed by atoms with E-state index >= 15 is 0 Å². The lowest BCUT2D eigenvalue weighted by molar-refractivity contribution is -0.137. The van der Waals surface area contributed by atoms with Crippen LogP contribution in [0.3, 0.4) is 0 Å². The van der Waals surface area contributed by atoms with E-state index in [0.717, 1.165) is 0 Å². The van der Waals surface area contributed by atoms with Crippen LogP contribution >= 0.6 is 0 Å². The number of hydrogen-bond acceptors (Lipinski definition) is 4. The SMILES string of the molecule is COC(=O)C1=C(c2ccccc2)[C@@H](O)CC1=O. The van der Waals surface area contributed by atoms with Gasteiger partial charge in [-0.2, -0.15) is 0 Å². The maximum atomic E-state index is 11.7. The average Bonchev–Trinajstić information content (AvgIpc) is 2.64. The Morgan fingerprint density at radius 3 is 2.59 bits per heavy atom. The van der Waals surface area contributed by atoms with Gasteiger partial charge in [-0.1, -0.05) is 30.3 Å². The third-order valence-corrected chi connectivity index (χ3v) is 2.73. The second-order valence-electron chi connectivity index (χ2n) is 3.79. The molecule has 0 heterocycles. The van der Waals surface area contributed by atoms with Gasteiger partial charge >= 0.3 is 5.97 Å². The quantitative estimate of drug-likeness (QED) is 0.609. The number of aliphatic hydroxyl groups excluding tert-OH is 1. The summed E-state index contributed by atoms with van der Waals surface area (Å²) in [5.41, 5.74) is 1.000. The molecule has 0 radical (unpaired) electrons. The van der Waals surface area contributed by atoms with Crippen LogP contribution in [0.4, 0.5) is 0 Å². The molecule has 0 spiro atoms. The average molecular weight is 232 g/mol. The molecular weight excluding hydrogens is 220 g/mol. The van der Waals surface area contributed by atoms with Crippen LogP contribution in [0.2, 0.25) is 0 Å². The van der Waals surface area contributed by atoms with E-state index in [-0.39, 0.29) is 17.8 Å². The number of hydrogen-bond donors (Lipinski definition) is 1. The second kappa shape index (κ2) is 4.51. The zero-order valence-corrected chi connectivity index (χ0v) is 9.34. The molecule has 1 N–H and O–H groups in total. The van der Waals surface area contributed by atoms with E-state index in [2.05, 4.69) is 4.74 Å². The summed E-state index contributed by atoms with van der Waals surface area (Å²) in [5.74, 6) is -1.06. The minimum Gasteiger partial charge on any atom is -0.465 e. The van der Waals surface area contributed by atoms with Crippen molar-refractivity contribution in [2.24, 2.45) is 0 Å². The molecule has 0 amide bonds. The molecule has 1 aliphatic carbocycles. The number of carbonyl (C=O) groups excluding carboxylic acids is 2. The van der Waals surface area contributed by atoms with Gasteiger partial charge < -0.3 is 9.84 Å². The standard InChI is InChI=1S/C13H12O4/c1-17-13(16)12-10(15)7-9(14)11(12)8-5-3-2-4-6-8/h2-6,9,14H,7H2,1H3/t9-/m0/s1. The number of ether oxygens (including phenoxy) is 1. The molecule has 4 heteroatoms. The summed E-state index contributed by atoms with van der Waals surface area (Å²) in [4.78, 5) is 23.2. The highest BCUT2D eigenvalue weighted by molar-refractivity contribution is 6.26. The van der Waals surface area contributed by atoms with Crippen LogP contribution in [0.15, 0.2) is 35.9 Å². The Morgan fingerprint density at radius 1 is 1.35 bits per heavy atom.